The van der Waals surface area contributed by atoms with E-state index in [9.17, 15) is 0 Å². The molecule has 1 atom stereocenters. The maximum absolute atomic E-state index is 6.55. The van der Waals surface area contributed by atoms with Crippen LogP contribution in [0.3, 0.4) is 0 Å². The largest absolute Gasteiger partial charge is 0.426 e. The van der Waals surface area contributed by atoms with E-state index in [0.29, 0.717) is 19.1 Å². The fourth-order valence-electron chi connectivity index (χ4n) is 4.63. The number of rotatable bonds is 14. The SMILES string of the molecule is CCCCOP(OCCCC)Oc1cc(C)c(C(CCC)c2cc(C(C)(C)C)[c]cc2C)cc1C(C)(C)C. The smallest absolute Gasteiger partial charge is 0.397 e. The minimum absolute atomic E-state index is 0.0647. The minimum atomic E-state index is -1.44. The number of hydrogen-bond donors (Lipinski definition) is 0. The van der Waals surface area contributed by atoms with Crippen molar-refractivity contribution >= 4 is 8.60 Å². The molecule has 4 heteroatoms. The molecule has 0 saturated carbocycles. The summed E-state index contributed by atoms with van der Waals surface area (Å²) in [5, 5.41) is 0. The lowest BCUT2D eigenvalue weighted by Crippen LogP contribution is -2.17. The van der Waals surface area contributed by atoms with Crippen LogP contribution in [0.4, 0.5) is 0 Å². The van der Waals surface area contributed by atoms with Crippen LogP contribution in [-0.2, 0) is 19.9 Å². The standard InChI is InChI=1S/C34H54O3P/c1-12-15-20-35-38(36-21-16-13-2)37-32-22-26(5)30(24-31(32)34(9,10)11)28(17-14-3)29-23-27(33(6,7)8)19-18-25(29)4/h18,22-24,28H,12-17,20-21H2,1-11H3. The zero-order valence-electron chi connectivity index (χ0n) is 26.2. The second-order valence-electron chi connectivity index (χ2n) is 12.7. The summed E-state index contributed by atoms with van der Waals surface area (Å²) in [6, 6.07) is 12.8. The first-order chi connectivity index (χ1) is 17.8. The predicted molar refractivity (Wildman–Crippen MR) is 165 cm³/mol. The molecule has 1 radical (unpaired) electrons. The van der Waals surface area contributed by atoms with Gasteiger partial charge in [-0.2, -0.15) is 0 Å². The molecule has 0 spiro atoms. The molecular weight excluding hydrogens is 487 g/mol. The molecule has 0 saturated heterocycles. The number of hydrogen-bond acceptors (Lipinski definition) is 3. The van der Waals surface area contributed by atoms with Gasteiger partial charge in [-0.25, -0.2) is 0 Å². The first-order valence-corrected chi connectivity index (χ1v) is 15.8. The predicted octanol–water partition coefficient (Wildman–Crippen LogP) is 10.9. The molecule has 213 valence electrons. The van der Waals surface area contributed by atoms with E-state index in [2.05, 4.69) is 106 Å². The summed E-state index contributed by atoms with van der Waals surface area (Å²) in [6.07, 6.45) is 6.42. The molecule has 3 nitrogen and oxygen atoms in total. The minimum Gasteiger partial charge on any atom is -0.426 e. The second kappa shape index (κ2) is 14.8. The Hall–Kier alpha value is -1.41. The van der Waals surface area contributed by atoms with Crippen LogP contribution in [0, 0.1) is 19.9 Å². The van der Waals surface area contributed by atoms with Crippen LogP contribution >= 0.6 is 8.60 Å². The summed E-state index contributed by atoms with van der Waals surface area (Å²) >= 11 is 0. The van der Waals surface area contributed by atoms with Gasteiger partial charge in [0.2, 0.25) is 0 Å². The van der Waals surface area contributed by atoms with E-state index in [1.54, 1.807) is 0 Å². The average molecular weight is 542 g/mol. The molecule has 0 fully saturated rings. The summed E-state index contributed by atoms with van der Waals surface area (Å²) in [6.45, 7) is 26.0. The van der Waals surface area contributed by atoms with Crippen molar-refractivity contribution in [1.29, 1.82) is 0 Å². The normalized spacial score (nSPS) is 13.3. The van der Waals surface area contributed by atoms with E-state index >= 15 is 0 Å². The van der Waals surface area contributed by atoms with E-state index in [0.717, 1.165) is 44.3 Å². The van der Waals surface area contributed by atoms with Gasteiger partial charge in [-0.15, -0.1) is 0 Å². The zero-order valence-corrected chi connectivity index (χ0v) is 27.1. The van der Waals surface area contributed by atoms with Crippen molar-refractivity contribution in [3.05, 3.63) is 63.7 Å². The quantitative estimate of drug-likeness (QED) is 0.176. The molecule has 0 aliphatic heterocycles. The number of benzene rings is 2. The van der Waals surface area contributed by atoms with Crippen LogP contribution in [0.1, 0.15) is 140 Å². The molecule has 0 aliphatic carbocycles. The molecule has 2 aromatic carbocycles. The van der Waals surface area contributed by atoms with Gasteiger partial charge < -0.3 is 13.6 Å². The highest BCUT2D eigenvalue weighted by Crippen LogP contribution is 2.47. The second-order valence-corrected chi connectivity index (χ2v) is 13.9. The van der Waals surface area contributed by atoms with E-state index in [1.165, 1.54) is 33.4 Å². The molecule has 2 rings (SSSR count). The number of aryl methyl sites for hydroxylation is 2. The summed E-state index contributed by atoms with van der Waals surface area (Å²) in [5.74, 6) is 1.22. The molecule has 0 aliphatic rings. The van der Waals surface area contributed by atoms with Gasteiger partial charge >= 0.3 is 8.60 Å². The fraction of sp³-hybridized carbons (Fsp3) is 0.647. The third kappa shape index (κ3) is 9.35. The maximum atomic E-state index is 6.55. The maximum Gasteiger partial charge on any atom is 0.397 e. The van der Waals surface area contributed by atoms with Crippen molar-refractivity contribution in [3.8, 4) is 5.75 Å². The Labute approximate surface area is 236 Å². The van der Waals surface area contributed by atoms with Crippen LogP contribution < -0.4 is 4.52 Å². The van der Waals surface area contributed by atoms with Gasteiger partial charge in [0.15, 0.2) is 0 Å². The van der Waals surface area contributed by atoms with Crippen LogP contribution in [-0.4, -0.2) is 13.2 Å². The Morgan fingerprint density at radius 2 is 1.34 bits per heavy atom. The summed E-state index contributed by atoms with van der Waals surface area (Å²) in [5.41, 5.74) is 7.83. The Morgan fingerprint density at radius 3 is 1.84 bits per heavy atom. The lowest BCUT2D eigenvalue weighted by atomic mass is 9.77. The van der Waals surface area contributed by atoms with E-state index < -0.39 is 8.60 Å². The zero-order chi connectivity index (χ0) is 28.5. The van der Waals surface area contributed by atoms with Gasteiger partial charge in [0.1, 0.15) is 5.75 Å². The van der Waals surface area contributed by atoms with Crippen molar-refractivity contribution in [2.75, 3.05) is 13.2 Å². The van der Waals surface area contributed by atoms with E-state index in [1.807, 2.05) is 0 Å². The van der Waals surface area contributed by atoms with Gasteiger partial charge in [-0.05, 0) is 83.9 Å². The molecule has 38 heavy (non-hydrogen) atoms. The molecule has 0 bridgehead atoms. The van der Waals surface area contributed by atoms with Crippen LogP contribution in [0.25, 0.3) is 0 Å². The van der Waals surface area contributed by atoms with Gasteiger partial charge in [0, 0.05) is 11.5 Å². The molecular formula is C34H54O3P. The van der Waals surface area contributed by atoms with Crippen molar-refractivity contribution < 1.29 is 13.6 Å². The van der Waals surface area contributed by atoms with Gasteiger partial charge in [0.25, 0.3) is 0 Å². The van der Waals surface area contributed by atoms with Crippen molar-refractivity contribution in [1.82, 2.24) is 0 Å². The Balaban J connectivity index is 2.57. The van der Waals surface area contributed by atoms with Crippen LogP contribution in [0.15, 0.2) is 24.3 Å². The molecule has 2 aromatic rings. The summed E-state index contributed by atoms with van der Waals surface area (Å²) < 4.78 is 18.8. The van der Waals surface area contributed by atoms with Crippen LogP contribution in [0.2, 0.25) is 0 Å². The average Bonchev–Trinajstić information content (AvgIpc) is 2.82. The lowest BCUT2D eigenvalue weighted by Gasteiger charge is -2.30. The van der Waals surface area contributed by atoms with Gasteiger partial charge in [-0.3, -0.25) is 0 Å². The fourth-order valence-corrected chi connectivity index (χ4v) is 5.68. The number of unbranched alkanes of at least 4 members (excludes halogenated alkanes) is 2. The first-order valence-electron chi connectivity index (χ1n) is 14.7. The summed E-state index contributed by atoms with van der Waals surface area (Å²) in [7, 11) is -1.44. The first kappa shape index (κ1) is 32.8. The van der Waals surface area contributed by atoms with Crippen molar-refractivity contribution in [2.24, 2.45) is 0 Å². The molecule has 1 unspecified atom stereocenters. The molecule has 0 N–H and O–H groups in total. The Bertz CT molecular complexity index is 990. The topological polar surface area (TPSA) is 27.7 Å². The van der Waals surface area contributed by atoms with Crippen molar-refractivity contribution in [3.63, 3.8) is 0 Å². The van der Waals surface area contributed by atoms with E-state index in [-0.39, 0.29) is 10.8 Å². The van der Waals surface area contributed by atoms with Crippen LogP contribution in [0.5, 0.6) is 5.75 Å². The van der Waals surface area contributed by atoms with Gasteiger partial charge in [0.05, 0.1) is 13.2 Å². The van der Waals surface area contributed by atoms with E-state index in [4.69, 9.17) is 13.6 Å². The highest BCUT2D eigenvalue weighted by atomic mass is 31.2. The monoisotopic (exact) mass is 541 g/mol. The molecule has 0 aromatic heterocycles. The highest BCUT2D eigenvalue weighted by Gasteiger charge is 2.28. The highest BCUT2D eigenvalue weighted by molar-refractivity contribution is 7.42. The lowest BCUT2D eigenvalue weighted by molar-refractivity contribution is 0.200. The Morgan fingerprint density at radius 1 is 0.763 bits per heavy atom. The molecule has 0 amide bonds. The van der Waals surface area contributed by atoms with Crippen molar-refractivity contribution in [2.45, 2.75) is 131 Å². The van der Waals surface area contributed by atoms with Gasteiger partial charge in [-0.1, -0.05) is 99.8 Å². The third-order valence-electron chi connectivity index (χ3n) is 7.07. The molecule has 0 heterocycles. The third-order valence-corrected chi connectivity index (χ3v) is 8.21. The summed E-state index contributed by atoms with van der Waals surface area (Å²) in [4.78, 5) is 0. The Kier molecular flexibility index (Phi) is 12.8.